The first kappa shape index (κ1) is 11.6. The number of aromatic hydroxyl groups is 1. The molecule has 0 spiro atoms. The molecule has 0 fully saturated rings. The first-order valence-corrected chi connectivity index (χ1v) is 4.32. The molecule has 5 heteroatoms. The van der Waals surface area contributed by atoms with Gasteiger partial charge in [-0.25, -0.2) is 8.78 Å². The van der Waals surface area contributed by atoms with Crippen molar-refractivity contribution in [3.05, 3.63) is 28.8 Å². The van der Waals surface area contributed by atoms with E-state index in [0.717, 1.165) is 6.07 Å². The number of carbonyl (C=O) groups is 1. The quantitative estimate of drug-likeness (QED) is 0.755. The molecule has 3 N–H and O–H groups in total. The van der Waals surface area contributed by atoms with Crippen LogP contribution in [0, 0.1) is 6.92 Å². The summed E-state index contributed by atoms with van der Waals surface area (Å²) >= 11 is 0. The highest BCUT2D eigenvalue weighted by Crippen LogP contribution is 2.32. The Morgan fingerprint density at radius 3 is 2.60 bits per heavy atom. The monoisotopic (exact) mass is 215 g/mol. The van der Waals surface area contributed by atoms with Gasteiger partial charge in [-0.2, -0.15) is 0 Å². The summed E-state index contributed by atoms with van der Waals surface area (Å²) in [6.45, 7) is 1.25. The normalized spacial score (nSPS) is 10.7. The number of aryl methyl sites for hydroxylation is 1. The van der Waals surface area contributed by atoms with E-state index < -0.39 is 23.5 Å². The Labute approximate surface area is 85.5 Å². The van der Waals surface area contributed by atoms with Crippen LogP contribution < -0.4 is 5.73 Å². The summed E-state index contributed by atoms with van der Waals surface area (Å²) < 4.78 is 24.9. The topological polar surface area (TPSA) is 63.3 Å². The van der Waals surface area contributed by atoms with E-state index in [-0.39, 0.29) is 12.1 Å². The van der Waals surface area contributed by atoms with Crippen LogP contribution in [0.25, 0.3) is 0 Å². The number of benzene rings is 1. The Morgan fingerprint density at radius 2 is 2.13 bits per heavy atom. The molecule has 0 saturated carbocycles. The second kappa shape index (κ2) is 4.35. The zero-order chi connectivity index (χ0) is 11.6. The average Bonchev–Trinajstić information content (AvgIpc) is 2.19. The smallest absolute Gasteiger partial charge is 0.267 e. The Hall–Kier alpha value is -1.49. The summed E-state index contributed by atoms with van der Waals surface area (Å²) in [7, 11) is 0. The summed E-state index contributed by atoms with van der Waals surface area (Å²) in [4.78, 5) is 11.2. The lowest BCUT2D eigenvalue weighted by Gasteiger charge is -2.09. The van der Waals surface area contributed by atoms with Crippen LogP contribution in [0.4, 0.5) is 8.78 Å². The van der Waals surface area contributed by atoms with Crippen molar-refractivity contribution in [1.29, 1.82) is 0 Å². The number of ketones is 1. The number of alkyl halides is 2. The van der Waals surface area contributed by atoms with E-state index in [4.69, 9.17) is 5.73 Å². The van der Waals surface area contributed by atoms with Crippen molar-refractivity contribution in [2.45, 2.75) is 13.3 Å². The number of rotatable bonds is 3. The minimum Gasteiger partial charge on any atom is -0.507 e. The van der Waals surface area contributed by atoms with Gasteiger partial charge in [-0.1, -0.05) is 0 Å². The molecule has 0 aromatic heterocycles. The van der Waals surface area contributed by atoms with E-state index in [1.54, 1.807) is 6.92 Å². The fourth-order valence-electron chi connectivity index (χ4n) is 1.30. The molecule has 0 radical (unpaired) electrons. The van der Waals surface area contributed by atoms with Crippen molar-refractivity contribution in [1.82, 2.24) is 0 Å². The molecule has 0 bridgehead atoms. The van der Waals surface area contributed by atoms with Crippen molar-refractivity contribution in [2.75, 3.05) is 6.54 Å². The van der Waals surface area contributed by atoms with Gasteiger partial charge in [-0.05, 0) is 24.6 Å². The van der Waals surface area contributed by atoms with Gasteiger partial charge in [0.05, 0.1) is 17.7 Å². The van der Waals surface area contributed by atoms with Crippen LogP contribution in [-0.2, 0) is 0 Å². The molecule has 0 aliphatic carbocycles. The molecule has 0 heterocycles. The van der Waals surface area contributed by atoms with Gasteiger partial charge in [-0.15, -0.1) is 0 Å². The van der Waals surface area contributed by atoms with E-state index >= 15 is 0 Å². The maximum atomic E-state index is 12.5. The lowest BCUT2D eigenvalue weighted by atomic mass is 10.0. The van der Waals surface area contributed by atoms with Gasteiger partial charge >= 0.3 is 0 Å². The molecule has 0 unspecified atom stereocenters. The molecule has 15 heavy (non-hydrogen) atoms. The first-order chi connectivity index (χ1) is 6.97. The molecule has 0 aliphatic rings. The third-order valence-electron chi connectivity index (χ3n) is 2.00. The van der Waals surface area contributed by atoms with Crippen molar-refractivity contribution in [2.24, 2.45) is 5.73 Å². The minimum atomic E-state index is -2.81. The van der Waals surface area contributed by atoms with E-state index in [1.165, 1.54) is 6.07 Å². The van der Waals surface area contributed by atoms with Gasteiger partial charge in [-0.3, -0.25) is 4.79 Å². The molecule has 0 aliphatic heterocycles. The maximum absolute atomic E-state index is 12.5. The Bertz CT molecular complexity index is 391. The van der Waals surface area contributed by atoms with Crippen LogP contribution in [0.2, 0.25) is 0 Å². The average molecular weight is 215 g/mol. The van der Waals surface area contributed by atoms with Gasteiger partial charge < -0.3 is 10.8 Å². The SMILES string of the molecule is Cc1cc(C(=O)CN)c(O)c(C(F)F)c1. The van der Waals surface area contributed by atoms with E-state index in [9.17, 15) is 18.7 Å². The van der Waals surface area contributed by atoms with Gasteiger partial charge in [0.25, 0.3) is 6.43 Å². The number of hydrogen-bond donors (Lipinski definition) is 2. The Kier molecular flexibility index (Phi) is 3.36. The van der Waals surface area contributed by atoms with Gasteiger partial charge in [0.2, 0.25) is 0 Å². The fraction of sp³-hybridized carbons (Fsp3) is 0.300. The molecular weight excluding hydrogens is 204 g/mol. The van der Waals surface area contributed by atoms with Crippen LogP contribution in [0.5, 0.6) is 5.75 Å². The largest absolute Gasteiger partial charge is 0.507 e. The fourth-order valence-corrected chi connectivity index (χ4v) is 1.30. The Balaban J connectivity index is 3.34. The zero-order valence-corrected chi connectivity index (χ0v) is 8.13. The number of phenols is 1. The van der Waals surface area contributed by atoms with Crippen LogP contribution in [0.15, 0.2) is 12.1 Å². The second-order valence-corrected chi connectivity index (χ2v) is 3.18. The van der Waals surface area contributed by atoms with Gasteiger partial charge in [0.15, 0.2) is 5.78 Å². The molecule has 1 rings (SSSR count). The number of phenolic OH excluding ortho intramolecular Hbond substituents is 1. The summed E-state index contributed by atoms with van der Waals surface area (Å²) in [5.41, 5.74) is 4.91. The zero-order valence-electron chi connectivity index (χ0n) is 8.13. The first-order valence-electron chi connectivity index (χ1n) is 4.32. The van der Waals surface area contributed by atoms with Crippen molar-refractivity contribution < 1.29 is 18.7 Å². The summed E-state index contributed by atoms with van der Waals surface area (Å²) in [5, 5.41) is 9.43. The number of carbonyl (C=O) groups excluding carboxylic acids is 1. The maximum Gasteiger partial charge on any atom is 0.267 e. The lowest BCUT2D eigenvalue weighted by molar-refractivity contribution is 0.0997. The molecule has 0 saturated heterocycles. The summed E-state index contributed by atoms with van der Waals surface area (Å²) in [5.74, 6) is -1.23. The number of hydrogen-bond acceptors (Lipinski definition) is 3. The van der Waals surface area contributed by atoms with E-state index in [2.05, 4.69) is 0 Å². The highest BCUT2D eigenvalue weighted by molar-refractivity contribution is 6.00. The Morgan fingerprint density at radius 1 is 1.53 bits per heavy atom. The predicted octanol–water partition coefficient (Wildman–Crippen LogP) is 1.78. The molecule has 1 aromatic carbocycles. The molecule has 0 atom stereocenters. The van der Waals surface area contributed by atoms with Crippen molar-refractivity contribution in [3.8, 4) is 5.75 Å². The van der Waals surface area contributed by atoms with E-state index in [0.29, 0.717) is 5.56 Å². The molecule has 3 nitrogen and oxygen atoms in total. The molecule has 0 amide bonds. The third kappa shape index (κ3) is 2.30. The highest BCUT2D eigenvalue weighted by atomic mass is 19.3. The van der Waals surface area contributed by atoms with Crippen molar-refractivity contribution in [3.63, 3.8) is 0 Å². The minimum absolute atomic E-state index is 0.146. The molecular formula is C10H11F2NO2. The van der Waals surface area contributed by atoms with E-state index in [1.807, 2.05) is 0 Å². The number of halogens is 2. The summed E-state index contributed by atoms with van der Waals surface area (Å²) in [6.07, 6.45) is -2.81. The number of nitrogens with two attached hydrogens (primary N) is 1. The molecule has 82 valence electrons. The lowest BCUT2D eigenvalue weighted by Crippen LogP contribution is -2.14. The standard InChI is InChI=1S/C10H11F2NO2/c1-5-2-6(8(14)4-13)9(15)7(3-5)10(11)12/h2-3,10,15H,4,13H2,1H3. The van der Waals surface area contributed by atoms with Crippen LogP contribution in [0.3, 0.4) is 0 Å². The summed E-state index contributed by atoms with van der Waals surface area (Å²) in [6, 6.07) is 2.49. The predicted molar refractivity (Wildman–Crippen MR) is 51.2 cm³/mol. The van der Waals surface area contributed by atoms with Crippen LogP contribution in [-0.4, -0.2) is 17.4 Å². The van der Waals surface area contributed by atoms with Gasteiger partial charge in [0.1, 0.15) is 5.75 Å². The highest BCUT2D eigenvalue weighted by Gasteiger charge is 2.19. The van der Waals surface area contributed by atoms with Crippen LogP contribution >= 0.6 is 0 Å². The number of Topliss-reactive ketones (excluding diaryl/α,β-unsaturated/α-hetero) is 1. The van der Waals surface area contributed by atoms with Gasteiger partial charge in [0, 0.05) is 0 Å². The van der Waals surface area contributed by atoms with Crippen molar-refractivity contribution >= 4 is 5.78 Å². The second-order valence-electron chi connectivity index (χ2n) is 3.18. The van der Waals surface area contributed by atoms with Crippen LogP contribution in [0.1, 0.15) is 27.9 Å². The molecule has 1 aromatic rings. The third-order valence-corrected chi connectivity index (χ3v) is 2.00.